The molecule has 0 spiro atoms. The van der Waals surface area contributed by atoms with Gasteiger partial charge in [-0.15, -0.1) is 0 Å². The van der Waals surface area contributed by atoms with E-state index >= 15 is 0 Å². The van der Waals surface area contributed by atoms with Crippen molar-refractivity contribution in [2.75, 3.05) is 0 Å². The second kappa shape index (κ2) is 5.90. The molecule has 1 atom stereocenters. The van der Waals surface area contributed by atoms with E-state index in [1.54, 1.807) is 6.92 Å². The summed E-state index contributed by atoms with van der Waals surface area (Å²) in [6.07, 6.45) is -0.634. The third-order valence-corrected chi connectivity index (χ3v) is 2.85. The predicted octanol–water partition coefficient (Wildman–Crippen LogP) is 2.57. The van der Waals surface area contributed by atoms with Crippen molar-refractivity contribution in [3.63, 3.8) is 0 Å². The number of carbonyl (C=O) groups is 1. The van der Waals surface area contributed by atoms with Crippen molar-refractivity contribution in [3.05, 3.63) is 41.3 Å². The van der Waals surface area contributed by atoms with Crippen LogP contribution in [0.25, 0.3) is 0 Å². The maximum Gasteiger partial charge on any atom is 0.267 e. The van der Waals surface area contributed by atoms with Crippen LogP contribution in [-0.4, -0.2) is 16.0 Å². The van der Waals surface area contributed by atoms with Gasteiger partial charge in [0.2, 0.25) is 0 Å². The molecule has 1 unspecified atom stereocenters. The van der Waals surface area contributed by atoms with Gasteiger partial charge in [0.15, 0.2) is 11.9 Å². The smallest absolute Gasteiger partial charge is 0.267 e. The SMILES string of the molecule is CC(C)c1noc(C(C)Oc2cccc(F)c2C(N)=O)n1. The normalized spacial score (nSPS) is 12.4. The highest BCUT2D eigenvalue weighted by Crippen LogP contribution is 2.26. The van der Waals surface area contributed by atoms with Gasteiger partial charge in [0.1, 0.15) is 17.1 Å². The maximum atomic E-state index is 13.6. The topological polar surface area (TPSA) is 91.2 Å². The van der Waals surface area contributed by atoms with Crippen molar-refractivity contribution in [2.24, 2.45) is 5.73 Å². The van der Waals surface area contributed by atoms with E-state index in [1.165, 1.54) is 12.1 Å². The molecule has 21 heavy (non-hydrogen) atoms. The molecular formula is C14H16FN3O3. The Morgan fingerprint density at radius 1 is 1.38 bits per heavy atom. The number of amides is 1. The summed E-state index contributed by atoms with van der Waals surface area (Å²) >= 11 is 0. The molecule has 7 heteroatoms. The molecule has 1 heterocycles. The molecule has 2 aromatic rings. The first-order valence-electron chi connectivity index (χ1n) is 6.48. The van der Waals surface area contributed by atoms with Gasteiger partial charge in [0, 0.05) is 5.92 Å². The largest absolute Gasteiger partial charge is 0.480 e. The number of primary amides is 1. The zero-order valence-corrected chi connectivity index (χ0v) is 12.0. The Hall–Kier alpha value is -2.44. The Bertz CT molecular complexity index is 655. The van der Waals surface area contributed by atoms with E-state index in [9.17, 15) is 9.18 Å². The molecular weight excluding hydrogens is 277 g/mol. The average molecular weight is 293 g/mol. The monoisotopic (exact) mass is 293 g/mol. The van der Waals surface area contributed by atoms with Crippen LogP contribution >= 0.6 is 0 Å². The summed E-state index contributed by atoms with van der Waals surface area (Å²) in [5.41, 5.74) is 4.87. The van der Waals surface area contributed by atoms with Gasteiger partial charge < -0.3 is 15.0 Å². The van der Waals surface area contributed by atoms with Crippen LogP contribution in [0.15, 0.2) is 22.7 Å². The molecule has 2 N–H and O–H groups in total. The van der Waals surface area contributed by atoms with E-state index < -0.39 is 17.8 Å². The lowest BCUT2D eigenvalue weighted by atomic mass is 10.1. The molecule has 0 aliphatic rings. The molecule has 6 nitrogen and oxygen atoms in total. The molecule has 0 aliphatic heterocycles. The number of benzene rings is 1. The van der Waals surface area contributed by atoms with Crippen molar-refractivity contribution < 1.29 is 18.4 Å². The van der Waals surface area contributed by atoms with Crippen LogP contribution in [0.5, 0.6) is 5.75 Å². The fraction of sp³-hybridized carbons (Fsp3) is 0.357. The number of rotatable bonds is 5. The summed E-state index contributed by atoms with van der Waals surface area (Å²) in [4.78, 5) is 15.5. The molecule has 1 aromatic carbocycles. The first kappa shape index (κ1) is 15.0. The van der Waals surface area contributed by atoms with E-state index in [2.05, 4.69) is 10.1 Å². The number of hydrogen-bond acceptors (Lipinski definition) is 5. The Kier molecular flexibility index (Phi) is 4.21. The van der Waals surface area contributed by atoms with E-state index in [4.69, 9.17) is 15.0 Å². The number of halogens is 1. The molecule has 0 saturated carbocycles. The minimum absolute atomic E-state index is 0.0410. The number of aromatic nitrogens is 2. The average Bonchev–Trinajstić information content (AvgIpc) is 2.88. The zero-order chi connectivity index (χ0) is 15.6. The van der Waals surface area contributed by atoms with Crippen molar-refractivity contribution in [3.8, 4) is 5.75 Å². The molecule has 112 valence electrons. The van der Waals surface area contributed by atoms with Gasteiger partial charge in [-0.25, -0.2) is 4.39 Å². The number of carbonyl (C=O) groups excluding carboxylic acids is 1. The van der Waals surface area contributed by atoms with Crippen LogP contribution in [0.3, 0.4) is 0 Å². The molecule has 2 rings (SSSR count). The van der Waals surface area contributed by atoms with Gasteiger partial charge in [-0.1, -0.05) is 25.1 Å². The van der Waals surface area contributed by atoms with E-state index in [0.29, 0.717) is 5.82 Å². The third-order valence-electron chi connectivity index (χ3n) is 2.85. The Labute approximate surface area is 121 Å². The molecule has 0 aliphatic carbocycles. The van der Waals surface area contributed by atoms with Crippen LogP contribution in [0.1, 0.15) is 54.9 Å². The van der Waals surface area contributed by atoms with E-state index in [-0.39, 0.29) is 23.1 Å². The molecule has 1 amide bonds. The van der Waals surface area contributed by atoms with Gasteiger partial charge in [-0.3, -0.25) is 4.79 Å². The summed E-state index contributed by atoms with van der Waals surface area (Å²) in [6.45, 7) is 5.52. The predicted molar refractivity (Wildman–Crippen MR) is 72.3 cm³/mol. The van der Waals surface area contributed by atoms with Crippen LogP contribution in [-0.2, 0) is 0 Å². The lowest BCUT2D eigenvalue weighted by molar-refractivity contribution is 0.0986. The van der Waals surface area contributed by atoms with Gasteiger partial charge in [-0.2, -0.15) is 4.98 Å². The van der Waals surface area contributed by atoms with Crippen LogP contribution in [0.4, 0.5) is 4.39 Å². The lowest BCUT2D eigenvalue weighted by Gasteiger charge is -2.13. The number of nitrogens with two attached hydrogens (primary N) is 1. The van der Waals surface area contributed by atoms with Crippen molar-refractivity contribution in [1.82, 2.24) is 10.1 Å². The molecule has 0 bridgehead atoms. The highest BCUT2D eigenvalue weighted by atomic mass is 19.1. The maximum absolute atomic E-state index is 13.6. The summed E-state index contributed by atoms with van der Waals surface area (Å²) in [7, 11) is 0. The Morgan fingerprint density at radius 3 is 2.67 bits per heavy atom. The fourth-order valence-electron chi connectivity index (χ4n) is 1.73. The fourth-order valence-corrected chi connectivity index (χ4v) is 1.73. The standard InChI is InChI=1S/C14H16FN3O3/c1-7(2)13-17-14(21-18-13)8(3)20-10-6-4-5-9(15)11(10)12(16)19/h4-8H,1-3H3,(H2,16,19). The minimum atomic E-state index is -0.899. The van der Waals surface area contributed by atoms with Gasteiger partial charge >= 0.3 is 0 Å². The zero-order valence-electron chi connectivity index (χ0n) is 12.0. The van der Waals surface area contributed by atoms with Crippen LogP contribution < -0.4 is 10.5 Å². The summed E-state index contributed by atoms with van der Waals surface area (Å²) < 4.78 is 24.3. The first-order chi connectivity index (χ1) is 9.90. The molecule has 0 fully saturated rings. The number of hydrogen-bond donors (Lipinski definition) is 1. The summed E-state index contributed by atoms with van der Waals surface area (Å²) in [6, 6.07) is 4.03. The first-order valence-corrected chi connectivity index (χ1v) is 6.48. The van der Waals surface area contributed by atoms with Crippen molar-refractivity contribution in [1.29, 1.82) is 0 Å². The quantitative estimate of drug-likeness (QED) is 0.914. The molecule has 0 saturated heterocycles. The lowest BCUT2D eigenvalue weighted by Crippen LogP contribution is -2.16. The van der Waals surface area contributed by atoms with E-state index in [1.807, 2.05) is 13.8 Å². The van der Waals surface area contributed by atoms with Gasteiger partial charge in [0.05, 0.1) is 0 Å². The second-order valence-electron chi connectivity index (χ2n) is 4.88. The highest BCUT2D eigenvalue weighted by molar-refractivity contribution is 5.95. The van der Waals surface area contributed by atoms with Gasteiger partial charge in [0.25, 0.3) is 11.8 Å². The van der Waals surface area contributed by atoms with Crippen LogP contribution in [0.2, 0.25) is 0 Å². The number of ether oxygens (including phenoxy) is 1. The Morgan fingerprint density at radius 2 is 2.10 bits per heavy atom. The molecule has 1 aromatic heterocycles. The van der Waals surface area contributed by atoms with Crippen molar-refractivity contribution in [2.45, 2.75) is 32.8 Å². The summed E-state index contributed by atoms with van der Waals surface area (Å²) in [5.74, 6) is -0.679. The van der Waals surface area contributed by atoms with Crippen molar-refractivity contribution >= 4 is 5.91 Å². The van der Waals surface area contributed by atoms with Gasteiger partial charge in [-0.05, 0) is 19.1 Å². The minimum Gasteiger partial charge on any atom is -0.480 e. The van der Waals surface area contributed by atoms with E-state index in [0.717, 1.165) is 6.07 Å². The number of nitrogens with zero attached hydrogens (tertiary/aromatic N) is 2. The molecule has 0 radical (unpaired) electrons. The second-order valence-corrected chi connectivity index (χ2v) is 4.88. The third kappa shape index (κ3) is 3.18. The Balaban J connectivity index is 2.25. The van der Waals surface area contributed by atoms with Crippen LogP contribution in [0, 0.1) is 5.82 Å². The highest BCUT2D eigenvalue weighted by Gasteiger charge is 2.21. The summed E-state index contributed by atoms with van der Waals surface area (Å²) in [5, 5.41) is 3.82.